The first-order valence-electron chi connectivity index (χ1n) is 3.02. The van der Waals surface area contributed by atoms with E-state index in [4.69, 9.17) is 4.74 Å². The van der Waals surface area contributed by atoms with Crippen LogP contribution in [0.4, 0.5) is 4.39 Å². The monoisotopic (exact) mass is 219 g/mol. The minimum atomic E-state index is -0.348. The molecule has 0 aliphatic carbocycles. The molecule has 0 aliphatic rings. The first-order valence-corrected chi connectivity index (χ1v) is 4.14. The molecule has 0 aliphatic heterocycles. The Labute approximate surface area is 72.5 Å². The predicted molar refractivity (Wildman–Crippen MR) is 43.4 cm³/mol. The second-order valence-electron chi connectivity index (χ2n) is 1.95. The number of halogens is 2. The number of pyridine rings is 1. The van der Waals surface area contributed by atoms with Crippen LogP contribution in [0.1, 0.15) is 5.56 Å². The van der Waals surface area contributed by atoms with E-state index >= 15 is 0 Å². The summed E-state index contributed by atoms with van der Waals surface area (Å²) in [5, 5.41) is 0.447. The van der Waals surface area contributed by atoms with Crippen LogP contribution in [-0.4, -0.2) is 12.1 Å². The van der Waals surface area contributed by atoms with Gasteiger partial charge in [0.05, 0.1) is 13.3 Å². The number of nitrogens with zero attached hydrogens (tertiary/aromatic N) is 1. The van der Waals surface area contributed by atoms with Crippen molar-refractivity contribution in [3.63, 3.8) is 0 Å². The van der Waals surface area contributed by atoms with Gasteiger partial charge in [0.2, 0.25) is 0 Å². The molecule has 1 heterocycles. The smallest absolute Gasteiger partial charge is 0.173 e. The minimum Gasteiger partial charge on any atom is -0.492 e. The summed E-state index contributed by atoms with van der Waals surface area (Å²) in [7, 11) is 1.41. The number of rotatable bonds is 2. The molecule has 2 nitrogen and oxygen atoms in total. The Hall–Kier alpha value is -0.640. The Bertz CT molecular complexity index is 232. The fourth-order valence-corrected chi connectivity index (χ4v) is 1.09. The van der Waals surface area contributed by atoms with Gasteiger partial charge in [0.15, 0.2) is 11.6 Å². The normalized spacial score (nSPS) is 9.73. The summed E-state index contributed by atoms with van der Waals surface area (Å²) in [5.41, 5.74) is 0.504. The predicted octanol–water partition coefficient (Wildman–Crippen LogP) is 2.12. The van der Waals surface area contributed by atoms with Crippen molar-refractivity contribution in [3.8, 4) is 5.75 Å². The van der Waals surface area contributed by atoms with E-state index in [0.29, 0.717) is 10.9 Å². The topological polar surface area (TPSA) is 22.1 Å². The van der Waals surface area contributed by atoms with Gasteiger partial charge in [-0.1, -0.05) is 15.9 Å². The quantitative estimate of drug-likeness (QED) is 0.712. The van der Waals surface area contributed by atoms with E-state index < -0.39 is 0 Å². The Balaban J connectivity index is 3.10. The van der Waals surface area contributed by atoms with Gasteiger partial charge in [-0.2, -0.15) is 0 Å². The summed E-state index contributed by atoms with van der Waals surface area (Å²) in [5.74, 6) is -0.165. The molecule has 0 radical (unpaired) electrons. The van der Waals surface area contributed by atoms with Crippen molar-refractivity contribution in [1.82, 2.24) is 4.98 Å². The van der Waals surface area contributed by atoms with Gasteiger partial charge in [-0.25, -0.2) is 4.39 Å². The maximum Gasteiger partial charge on any atom is 0.173 e. The van der Waals surface area contributed by atoms with Crippen LogP contribution < -0.4 is 4.74 Å². The lowest BCUT2D eigenvalue weighted by Gasteiger charge is -2.02. The number of hydrogen-bond donors (Lipinski definition) is 0. The third kappa shape index (κ3) is 1.68. The fraction of sp³-hybridized carbons (Fsp3) is 0.286. The third-order valence-corrected chi connectivity index (χ3v) is 1.89. The lowest BCUT2D eigenvalue weighted by atomic mass is 10.3. The molecule has 0 saturated carbocycles. The van der Waals surface area contributed by atoms with Crippen molar-refractivity contribution in [2.24, 2.45) is 0 Å². The van der Waals surface area contributed by atoms with E-state index in [2.05, 4.69) is 20.9 Å². The van der Waals surface area contributed by atoms with Crippen molar-refractivity contribution < 1.29 is 9.13 Å². The Kier molecular flexibility index (Phi) is 2.82. The van der Waals surface area contributed by atoms with Crippen molar-refractivity contribution in [3.05, 3.63) is 23.8 Å². The number of alkyl halides is 1. The van der Waals surface area contributed by atoms with Crippen LogP contribution in [0.2, 0.25) is 0 Å². The van der Waals surface area contributed by atoms with Crippen molar-refractivity contribution in [2.75, 3.05) is 7.11 Å². The number of methoxy groups -OCH3 is 1. The summed E-state index contributed by atoms with van der Waals surface area (Å²) in [6, 6.07) is 0. The number of ether oxygens (including phenoxy) is 1. The van der Waals surface area contributed by atoms with E-state index in [9.17, 15) is 4.39 Å². The molecular weight excluding hydrogens is 213 g/mol. The van der Waals surface area contributed by atoms with Crippen LogP contribution in [0.5, 0.6) is 5.75 Å². The highest BCUT2D eigenvalue weighted by atomic mass is 79.9. The van der Waals surface area contributed by atoms with Gasteiger partial charge in [-0.05, 0) is 0 Å². The maximum atomic E-state index is 13.1. The van der Waals surface area contributed by atoms with E-state index in [0.717, 1.165) is 0 Å². The van der Waals surface area contributed by atoms with Crippen molar-refractivity contribution in [1.29, 1.82) is 0 Å². The summed E-state index contributed by atoms with van der Waals surface area (Å²) < 4.78 is 17.8. The lowest BCUT2D eigenvalue weighted by Crippen LogP contribution is -1.93. The molecule has 1 aromatic rings. The number of hydrogen-bond acceptors (Lipinski definition) is 2. The molecule has 11 heavy (non-hydrogen) atoms. The van der Waals surface area contributed by atoms with Gasteiger partial charge < -0.3 is 4.74 Å². The van der Waals surface area contributed by atoms with Crippen LogP contribution in [0.15, 0.2) is 12.4 Å². The zero-order chi connectivity index (χ0) is 8.27. The van der Waals surface area contributed by atoms with Crippen LogP contribution >= 0.6 is 15.9 Å². The standard InChI is InChI=1S/C7H7BrFNO/c1-11-6-4-10-3-5(2-8)7(6)9/h3-4H,2H2,1H3. The molecule has 4 heteroatoms. The zero-order valence-corrected chi connectivity index (χ0v) is 7.56. The molecule has 0 N–H and O–H groups in total. The molecule has 0 fully saturated rings. The summed E-state index contributed by atoms with van der Waals surface area (Å²) >= 11 is 3.14. The van der Waals surface area contributed by atoms with E-state index in [-0.39, 0.29) is 11.6 Å². The SMILES string of the molecule is COc1cncc(CBr)c1F. The number of aromatic nitrogens is 1. The van der Waals surface area contributed by atoms with Crippen molar-refractivity contribution in [2.45, 2.75) is 5.33 Å². The third-order valence-electron chi connectivity index (χ3n) is 1.28. The first-order chi connectivity index (χ1) is 5.29. The van der Waals surface area contributed by atoms with Crippen molar-refractivity contribution >= 4 is 15.9 Å². The van der Waals surface area contributed by atoms with Gasteiger partial charge in [-0.15, -0.1) is 0 Å². The molecule has 1 rings (SSSR count). The maximum absolute atomic E-state index is 13.1. The van der Waals surface area contributed by atoms with Crippen LogP contribution in [0.25, 0.3) is 0 Å². The second-order valence-corrected chi connectivity index (χ2v) is 2.51. The molecule has 0 atom stereocenters. The highest BCUT2D eigenvalue weighted by molar-refractivity contribution is 9.08. The van der Waals surface area contributed by atoms with Gasteiger partial charge in [0.25, 0.3) is 0 Å². The molecule has 0 aromatic carbocycles. The fourth-order valence-electron chi connectivity index (χ4n) is 0.702. The summed E-state index contributed by atoms with van der Waals surface area (Å²) in [6.07, 6.45) is 2.81. The van der Waals surface area contributed by atoms with E-state index in [1.54, 1.807) is 0 Å². The molecule has 0 amide bonds. The molecule has 0 spiro atoms. The van der Waals surface area contributed by atoms with Crippen LogP contribution in [-0.2, 0) is 5.33 Å². The van der Waals surface area contributed by atoms with Gasteiger partial charge in [0.1, 0.15) is 0 Å². The highest BCUT2D eigenvalue weighted by Crippen LogP contribution is 2.19. The minimum absolute atomic E-state index is 0.182. The Morgan fingerprint density at radius 1 is 1.64 bits per heavy atom. The molecule has 60 valence electrons. The van der Waals surface area contributed by atoms with Gasteiger partial charge in [-0.3, -0.25) is 4.98 Å². The second kappa shape index (κ2) is 3.67. The van der Waals surface area contributed by atoms with E-state index in [1.165, 1.54) is 19.5 Å². The molecule has 0 bridgehead atoms. The molecular formula is C7H7BrFNO. The average molecular weight is 220 g/mol. The van der Waals surface area contributed by atoms with Crippen LogP contribution in [0, 0.1) is 5.82 Å². The highest BCUT2D eigenvalue weighted by Gasteiger charge is 2.06. The van der Waals surface area contributed by atoms with E-state index in [1.807, 2.05) is 0 Å². The van der Waals surface area contributed by atoms with Crippen LogP contribution in [0.3, 0.4) is 0 Å². The molecule has 0 unspecified atom stereocenters. The lowest BCUT2D eigenvalue weighted by molar-refractivity contribution is 0.382. The largest absolute Gasteiger partial charge is 0.492 e. The Morgan fingerprint density at radius 2 is 2.36 bits per heavy atom. The summed E-state index contributed by atoms with van der Waals surface area (Å²) in [6.45, 7) is 0. The Morgan fingerprint density at radius 3 is 2.91 bits per heavy atom. The molecule has 1 aromatic heterocycles. The summed E-state index contributed by atoms with van der Waals surface area (Å²) in [4.78, 5) is 3.79. The zero-order valence-electron chi connectivity index (χ0n) is 5.97. The first kappa shape index (κ1) is 8.46. The average Bonchev–Trinajstić information content (AvgIpc) is 2.05. The van der Waals surface area contributed by atoms with Gasteiger partial charge in [0, 0.05) is 17.1 Å². The molecule has 0 saturated heterocycles. The van der Waals surface area contributed by atoms with Gasteiger partial charge >= 0.3 is 0 Å².